The fourth-order valence-corrected chi connectivity index (χ4v) is 6.13. The second-order valence-electron chi connectivity index (χ2n) is 9.58. The topological polar surface area (TPSA) is 32.7 Å². The summed E-state index contributed by atoms with van der Waals surface area (Å²) in [5.74, 6) is 0. The molecular formula is C24H37NO2. The monoisotopic (exact) mass is 371 g/mol. The van der Waals surface area contributed by atoms with Crippen molar-refractivity contribution in [2.75, 3.05) is 0 Å². The molecule has 150 valence electrons. The van der Waals surface area contributed by atoms with Gasteiger partial charge in [-0.25, -0.2) is 0 Å². The predicted molar refractivity (Wildman–Crippen MR) is 109 cm³/mol. The van der Waals surface area contributed by atoms with Gasteiger partial charge in [0.25, 0.3) is 0 Å². The Balaban J connectivity index is 1.65. The van der Waals surface area contributed by atoms with E-state index in [0.29, 0.717) is 0 Å². The van der Waals surface area contributed by atoms with E-state index in [1.165, 1.54) is 75.3 Å². The summed E-state index contributed by atoms with van der Waals surface area (Å²) in [6.45, 7) is 4.33. The minimum absolute atomic E-state index is 0.0339. The third-order valence-corrected chi connectivity index (χ3v) is 7.47. The van der Waals surface area contributed by atoms with Gasteiger partial charge in [-0.2, -0.15) is 5.06 Å². The Morgan fingerprint density at radius 1 is 0.889 bits per heavy atom. The first-order valence-electron chi connectivity index (χ1n) is 11.2. The summed E-state index contributed by atoms with van der Waals surface area (Å²) >= 11 is 0. The lowest BCUT2D eigenvalue weighted by molar-refractivity contribution is -0.339. The summed E-state index contributed by atoms with van der Waals surface area (Å²) in [5, 5.41) is 13.3. The molecule has 3 aliphatic rings. The standard InChI is InChI=1S/C24H37NO2/c1-19-9-11-21(12-10-19)20(2)27-25-23(13-5-3-6-14-23)17-22(26)18-24(25)15-7-4-8-16-24/h9-12,20,22,26H,3-8,13-18H2,1-2H3. The average Bonchev–Trinajstić information content (AvgIpc) is 2.66. The number of rotatable bonds is 3. The average molecular weight is 372 g/mol. The molecule has 0 aromatic heterocycles. The van der Waals surface area contributed by atoms with E-state index < -0.39 is 0 Å². The third kappa shape index (κ3) is 3.83. The maximum absolute atomic E-state index is 10.9. The first-order valence-corrected chi connectivity index (χ1v) is 11.2. The van der Waals surface area contributed by atoms with Crippen LogP contribution in [0.3, 0.4) is 0 Å². The van der Waals surface area contributed by atoms with Gasteiger partial charge in [-0.3, -0.25) is 4.84 Å². The Morgan fingerprint density at radius 3 is 1.85 bits per heavy atom. The van der Waals surface area contributed by atoms with Crippen LogP contribution in [0.15, 0.2) is 24.3 Å². The molecule has 3 heteroatoms. The van der Waals surface area contributed by atoms with Crippen LogP contribution in [0.1, 0.15) is 101 Å². The molecule has 1 aliphatic heterocycles. The number of hydrogen-bond acceptors (Lipinski definition) is 3. The zero-order valence-electron chi connectivity index (χ0n) is 17.3. The molecule has 0 amide bonds. The molecule has 27 heavy (non-hydrogen) atoms. The van der Waals surface area contributed by atoms with Crippen LogP contribution < -0.4 is 0 Å². The molecule has 3 nitrogen and oxygen atoms in total. The first-order chi connectivity index (χ1) is 13.0. The van der Waals surface area contributed by atoms with Gasteiger partial charge < -0.3 is 5.11 Å². The minimum atomic E-state index is -0.171. The molecule has 1 aromatic carbocycles. The molecule has 1 heterocycles. The number of hydroxylamine groups is 2. The maximum Gasteiger partial charge on any atom is 0.102 e. The van der Waals surface area contributed by atoms with Gasteiger partial charge in [0.1, 0.15) is 6.10 Å². The summed E-state index contributed by atoms with van der Waals surface area (Å²) in [7, 11) is 0. The van der Waals surface area contributed by atoms with Gasteiger partial charge in [0.05, 0.1) is 6.10 Å². The fraction of sp³-hybridized carbons (Fsp3) is 0.750. The normalized spacial score (nSPS) is 29.1. The zero-order chi connectivity index (χ0) is 18.9. The Morgan fingerprint density at radius 2 is 1.37 bits per heavy atom. The molecular weight excluding hydrogens is 334 g/mol. The summed E-state index contributed by atoms with van der Waals surface area (Å²) < 4.78 is 0. The number of piperidine rings is 1. The van der Waals surface area contributed by atoms with Crippen molar-refractivity contribution in [1.29, 1.82) is 0 Å². The SMILES string of the molecule is Cc1ccc(C(C)ON2C3(CCCCC3)CC(O)CC23CCCCC3)cc1. The smallest absolute Gasteiger partial charge is 0.102 e. The highest BCUT2D eigenvalue weighted by Gasteiger charge is 2.55. The van der Waals surface area contributed by atoms with Crippen molar-refractivity contribution in [3.63, 3.8) is 0 Å². The lowest BCUT2D eigenvalue weighted by Crippen LogP contribution is -2.67. The van der Waals surface area contributed by atoms with Crippen LogP contribution in [0, 0.1) is 6.92 Å². The molecule has 2 spiro atoms. The number of aliphatic hydroxyl groups is 1. The van der Waals surface area contributed by atoms with E-state index in [2.05, 4.69) is 43.2 Å². The highest BCUT2D eigenvalue weighted by atomic mass is 16.7. The van der Waals surface area contributed by atoms with Crippen LogP contribution in [-0.4, -0.2) is 27.4 Å². The molecule has 1 atom stereocenters. The van der Waals surface area contributed by atoms with Crippen molar-refractivity contribution >= 4 is 0 Å². The Bertz CT molecular complexity index is 586. The second-order valence-corrected chi connectivity index (χ2v) is 9.58. The van der Waals surface area contributed by atoms with E-state index in [1.807, 2.05) is 0 Å². The number of aryl methyl sites for hydroxylation is 1. The third-order valence-electron chi connectivity index (χ3n) is 7.47. The van der Waals surface area contributed by atoms with Crippen LogP contribution >= 0.6 is 0 Å². The van der Waals surface area contributed by atoms with Crippen molar-refractivity contribution < 1.29 is 9.94 Å². The van der Waals surface area contributed by atoms with E-state index >= 15 is 0 Å². The van der Waals surface area contributed by atoms with Crippen LogP contribution in [0.25, 0.3) is 0 Å². The predicted octanol–water partition coefficient (Wildman–Crippen LogP) is 5.85. The molecule has 1 unspecified atom stereocenters. The van der Waals surface area contributed by atoms with Gasteiger partial charge >= 0.3 is 0 Å². The van der Waals surface area contributed by atoms with Gasteiger partial charge in [0.15, 0.2) is 0 Å². The van der Waals surface area contributed by atoms with Crippen LogP contribution in [-0.2, 0) is 4.84 Å². The van der Waals surface area contributed by atoms with Gasteiger partial charge in [0, 0.05) is 11.1 Å². The molecule has 0 radical (unpaired) electrons. The van der Waals surface area contributed by atoms with Crippen LogP contribution in [0.2, 0.25) is 0 Å². The van der Waals surface area contributed by atoms with E-state index in [9.17, 15) is 5.11 Å². The Kier molecular flexibility index (Phi) is 5.64. The fourth-order valence-electron chi connectivity index (χ4n) is 6.13. The van der Waals surface area contributed by atoms with E-state index in [0.717, 1.165) is 12.8 Å². The molecule has 1 aromatic rings. The molecule has 4 rings (SSSR count). The summed E-state index contributed by atoms with van der Waals surface area (Å²) in [5.41, 5.74) is 2.61. The van der Waals surface area contributed by atoms with Gasteiger partial charge in [-0.1, -0.05) is 68.4 Å². The van der Waals surface area contributed by atoms with E-state index in [1.54, 1.807) is 0 Å². The van der Waals surface area contributed by atoms with E-state index in [-0.39, 0.29) is 23.3 Å². The van der Waals surface area contributed by atoms with Crippen molar-refractivity contribution in [2.24, 2.45) is 0 Å². The molecule has 2 saturated carbocycles. The Hall–Kier alpha value is -0.900. The molecule has 1 N–H and O–H groups in total. The summed E-state index contributed by atoms with van der Waals surface area (Å²) in [6, 6.07) is 8.78. The van der Waals surface area contributed by atoms with Crippen molar-refractivity contribution in [1.82, 2.24) is 5.06 Å². The second kappa shape index (κ2) is 7.85. The number of benzene rings is 1. The van der Waals surface area contributed by atoms with Crippen molar-refractivity contribution in [2.45, 2.75) is 114 Å². The largest absolute Gasteiger partial charge is 0.393 e. The maximum atomic E-state index is 10.9. The number of nitrogens with zero attached hydrogens (tertiary/aromatic N) is 1. The quantitative estimate of drug-likeness (QED) is 0.723. The van der Waals surface area contributed by atoms with Gasteiger partial charge in [-0.05, 0) is 57.9 Å². The first kappa shape index (κ1) is 19.4. The highest BCUT2D eigenvalue weighted by molar-refractivity contribution is 5.23. The molecule has 1 saturated heterocycles. The van der Waals surface area contributed by atoms with Crippen molar-refractivity contribution in [3.05, 3.63) is 35.4 Å². The highest BCUT2D eigenvalue weighted by Crippen LogP contribution is 2.52. The van der Waals surface area contributed by atoms with E-state index in [4.69, 9.17) is 4.84 Å². The van der Waals surface area contributed by atoms with Gasteiger partial charge in [-0.15, -0.1) is 0 Å². The number of aliphatic hydroxyl groups excluding tert-OH is 1. The molecule has 2 aliphatic carbocycles. The lowest BCUT2D eigenvalue weighted by atomic mass is 9.66. The zero-order valence-corrected chi connectivity index (χ0v) is 17.3. The van der Waals surface area contributed by atoms with Gasteiger partial charge in [0.2, 0.25) is 0 Å². The Labute approximate surface area is 165 Å². The molecule has 3 fully saturated rings. The van der Waals surface area contributed by atoms with Crippen LogP contribution in [0.5, 0.6) is 0 Å². The number of hydrogen-bond donors (Lipinski definition) is 1. The summed E-state index contributed by atoms with van der Waals surface area (Å²) in [6.07, 6.45) is 14.1. The minimum Gasteiger partial charge on any atom is -0.393 e. The van der Waals surface area contributed by atoms with Crippen molar-refractivity contribution in [3.8, 4) is 0 Å². The molecule has 0 bridgehead atoms. The van der Waals surface area contributed by atoms with Crippen LogP contribution in [0.4, 0.5) is 0 Å². The lowest BCUT2D eigenvalue weighted by Gasteiger charge is -2.61. The summed E-state index contributed by atoms with van der Waals surface area (Å²) in [4.78, 5) is 6.87.